The summed E-state index contributed by atoms with van der Waals surface area (Å²) >= 11 is 0. The van der Waals surface area contributed by atoms with E-state index in [1.54, 1.807) is 0 Å². The van der Waals surface area contributed by atoms with Gasteiger partial charge in [-0.15, -0.1) is 12.4 Å². The first kappa shape index (κ1) is 17.0. The first-order chi connectivity index (χ1) is 11.2. The maximum atomic E-state index is 6.40. The normalized spacial score (nSPS) is 21.1. The maximum absolute atomic E-state index is 6.40. The van der Waals surface area contributed by atoms with E-state index in [2.05, 4.69) is 69.9 Å². The van der Waals surface area contributed by atoms with Crippen LogP contribution in [0.3, 0.4) is 0 Å². The van der Waals surface area contributed by atoms with E-state index in [9.17, 15) is 0 Å². The molecule has 1 aromatic carbocycles. The second-order valence-corrected chi connectivity index (χ2v) is 6.56. The smallest absolute Gasteiger partial charge is 0.136 e. The third kappa shape index (κ3) is 3.18. The largest absolute Gasteiger partial charge is 0.326 e. The average molecular weight is 343 g/mol. The van der Waals surface area contributed by atoms with Gasteiger partial charge in [-0.05, 0) is 24.1 Å². The van der Waals surface area contributed by atoms with Crippen molar-refractivity contribution in [2.75, 3.05) is 13.1 Å². The lowest BCUT2D eigenvalue weighted by Gasteiger charge is -2.16. The van der Waals surface area contributed by atoms with Crippen LogP contribution in [-0.4, -0.2) is 33.4 Å². The minimum Gasteiger partial charge on any atom is -0.326 e. The molecule has 1 aliphatic rings. The minimum atomic E-state index is 0. The molecule has 1 saturated heterocycles. The average Bonchev–Trinajstić information content (AvgIpc) is 3.12. The van der Waals surface area contributed by atoms with Gasteiger partial charge >= 0.3 is 0 Å². The molecule has 2 aromatic heterocycles. The van der Waals surface area contributed by atoms with Gasteiger partial charge in [0.05, 0.1) is 11.9 Å². The van der Waals surface area contributed by atoms with E-state index in [4.69, 9.17) is 5.73 Å². The highest BCUT2D eigenvalue weighted by Crippen LogP contribution is 2.27. The van der Waals surface area contributed by atoms with Crippen LogP contribution in [0.15, 0.2) is 54.9 Å². The number of nitrogens with two attached hydrogens (primary N) is 1. The summed E-state index contributed by atoms with van der Waals surface area (Å²) < 4.78 is 2.19. The molecule has 0 saturated carbocycles. The number of aryl methyl sites for hydroxylation is 1. The zero-order chi connectivity index (χ0) is 15.8. The van der Waals surface area contributed by atoms with E-state index in [0.29, 0.717) is 5.92 Å². The molecule has 5 heteroatoms. The zero-order valence-electron chi connectivity index (χ0n) is 13.8. The zero-order valence-corrected chi connectivity index (χ0v) is 14.6. The van der Waals surface area contributed by atoms with E-state index in [1.807, 2.05) is 6.20 Å². The lowest BCUT2D eigenvalue weighted by atomic mass is 9.95. The number of imidazole rings is 1. The van der Waals surface area contributed by atoms with Crippen LogP contribution >= 0.6 is 12.4 Å². The summed E-state index contributed by atoms with van der Waals surface area (Å²) in [5, 5.41) is 0. The van der Waals surface area contributed by atoms with Crippen molar-refractivity contribution in [2.24, 2.45) is 5.73 Å². The van der Waals surface area contributed by atoms with Gasteiger partial charge in [-0.25, -0.2) is 4.98 Å². The van der Waals surface area contributed by atoms with Crippen molar-refractivity contribution in [3.8, 4) is 0 Å². The summed E-state index contributed by atoms with van der Waals surface area (Å²) in [5.41, 5.74) is 11.2. The predicted molar refractivity (Wildman–Crippen MR) is 99.6 cm³/mol. The van der Waals surface area contributed by atoms with Crippen LogP contribution in [0.1, 0.15) is 22.7 Å². The van der Waals surface area contributed by atoms with E-state index in [0.717, 1.165) is 25.3 Å². The third-order valence-corrected chi connectivity index (χ3v) is 4.78. The van der Waals surface area contributed by atoms with E-state index in [-0.39, 0.29) is 18.4 Å². The van der Waals surface area contributed by atoms with Crippen molar-refractivity contribution in [1.29, 1.82) is 0 Å². The molecule has 1 aliphatic heterocycles. The highest BCUT2D eigenvalue weighted by atomic mass is 35.5. The monoisotopic (exact) mass is 342 g/mol. The van der Waals surface area contributed by atoms with Crippen molar-refractivity contribution in [2.45, 2.75) is 25.4 Å². The molecule has 0 bridgehead atoms. The van der Waals surface area contributed by atoms with E-state index in [1.165, 1.54) is 16.8 Å². The second-order valence-electron chi connectivity index (χ2n) is 6.56. The Bertz CT molecular complexity index is 815. The van der Waals surface area contributed by atoms with Gasteiger partial charge in [-0.3, -0.25) is 4.90 Å². The Balaban J connectivity index is 0.00000169. The molecule has 1 fully saturated rings. The molecule has 3 heterocycles. The number of hydrogen-bond acceptors (Lipinski definition) is 3. The van der Waals surface area contributed by atoms with Crippen LogP contribution in [0.4, 0.5) is 0 Å². The minimum absolute atomic E-state index is 0. The van der Waals surface area contributed by atoms with Gasteiger partial charge in [0.2, 0.25) is 0 Å². The Labute approximate surface area is 148 Å². The Morgan fingerprint density at radius 1 is 1.12 bits per heavy atom. The van der Waals surface area contributed by atoms with Gasteiger partial charge in [-0.2, -0.15) is 0 Å². The van der Waals surface area contributed by atoms with Crippen molar-refractivity contribution in [3.63, 3.8) is 0 Å². The van der Waals surface area contributed by atoms with Crippen LogP contribution in [0.25, 0.3) is 5.65 Å². The Kier molecular flexibility index (Phi) is 4.90. The van der Waals surface area contributed by atoms with Gasteiger partial charge in [0, 0.05) is 37.8 Å². The van der Waals surface area contributed by atoms with Gasteiger partial charge in [-0.1, -0.05) is 36.4 Å². The Hall–Kier alpha value is -1.88. The SMILES string of the molecule is Cc1ccc2ncc(CN3C[C@@H](N)[C@H](c4ccccc4)C3)n2c1.Cl. The predicted octanol–water partition coefficient (Wildman–Crippen LogP) is 2.99. The second kappa shape index (κ2) is 6.93. The molecule has 4 rings (SSSR count). The fourth-order valence-electron chi connectivity index (χ4n) is 3.58. The molecule has 2 N–H and O–H groups in total. The van der Waals surface area contributed by atoms with Crippen molar-refractivity contribution >= 4 is 18.1 Å². The Morgan fingerprint density at radius 3 is 2.71 bits per heavy atom. The lowest BCUT2D eigenvalue weighted by molar-refractivity contribution is 0.319. The van der Waals surface area contributed by atoms with Gasteiger partial charge in [0.1, 0.15) is 5.65 Å². The summed E-state index contributed by atoms with van der Waals surface area (Å²) in [7, 11) is 0. The highest BCUT2D eigenvalue weighted by Gasteiger charge is 2.31. The van der Waals surface area contributed by atoms with Gasteiger partial charge < -0.3 is 10.1 Å². The van der Waals surface area contributed by atoms with Gasteiger partial charge in [0.25, 0.3) is 0 Å². The molecule has 0 unspecified atom stereocenters. The molecular weight excluding hydrogens is 320 g/mol. The maximum Gasteiger partial charge on any atom is 0.136 e. The van der Waals surface area contributed by atoms with Gasteiger partial charge in [0.15, 0.2) is 0 Å². The standard InChI is InChI=1S/C19H22N4.ClH/c1-14-7-8-19-21-9-16(23(19)10-14)11-22-12-17(18(20)13-22)15-5-3-2-4-6-15;/h2-10,17-18H,11-13,20H2,1H3;1H/t17-,18+;/m0./s1. The van der Waals surface area contributed by atoms with Crippen LogP contribution in [0.2, 0.25) is 0 Å². The number of halogens is 1. The number of likely N-dealkylation sites (tertiary alicyclic amines) is 1. The number of fused-ring (bicyclic) bond motifs is 1. The molecule has 3 aromatic rings. The summed E-state index contributed by atoms with van der Waals surface area (Å²) in [5.74, 6) is 0.414. The van der Waals surface area contributed by atoms with E-state index < -0.39 is 0 Å². The molecule has 0 aliphatic carbocycles. The number of hydrogen-bond donors (Lipinski definition) is 1. The lowest BCUT2D eigenvalue weighted by Crippen LogP contribution is -2.28. The molecule has 24 heavy (non-hydrogen) atoms. The van der Waals surface area contributed by atoms with Crippen LogP contribution in [0, 0.1) is 6.92 Å². The van der Waals surface area contributed by atoms with Crippen LogP contribution in [-0.2, 0) is 6.54 Å². The third-order valence-electron chi connectivity index (χ3n) is 4.78. The summed E-state index contributed by atoms with van der Waals surface area (Å²) in [6, 6.07) is 15.0. The van der Waals surface area contributed by atoms with Crippen molar-refractivity contribution in [1.82, 2.24) is 14.3 Å². The van der Waals surface area contributed by atoms with E-state index >= 15 is 0 Å². The molecule has 126 valence electrons. The van der Waals surface area contributed by atoms with Crippen LogP contribution < -0.4 is 5.73 Å². The topological polar surface area (TPSA) is 46.6 Å². The van der Waals surface area contributed by atoms with Crippen molar-refractivity contribution in [3.05, 3.63) is 71.7 Å². The Morgan fingerprint density at radius 2 is 1.92 bits per heavy atom. The fraction of sp³-hybridized carbons (Fsp3) is 0.316. The van der Waals surface area contributed by atoms with Crippen LogP contribution in [0.5, 0.6) is 0 Å². The summed E-state index contributed by atoms with van der Waals surface area (Å²) in [4.78, 5) is 6.94. The molecule has 4 nitrogen and oxygen atoms in total. The highest BCUT2D eigenvalue weighted by molar-refractivity contribution is 5.85. The summed E-state index contributed by atoms with van der Waals surface area (Å²) in [6.07, 6.45) is 4.14. The number of rotatable bonds is 3. The molecule has 0 radical (unpaired) electrons. The molecule has 0 spiro atoms. The first-order valence-electron chi connectivity index (χ1n) is 8.16. The molecule has 2 atom stereocenters. The number of nitrogens with zero attached hydrogens (tertiary/aromatic N) is 3. The number of pyridine rings is 1. The number of benzene rings is 1. The quantitative estimate of drug-likeness (QED) is 0.796. The molecular formula is C19H23ClN4. The first-order valence-corrected chi connectivity index (χ1v) is 8.16. The fourth-order valence-corrected chi connectivity index (χ4v) is 3.58. The van der Waals surface area contributed by atoms with Crippen molar-refractivity contribution < 1.29 is 0 Å². The molecule has 0 amide bonds. The number of aromatic nitrogens is 2. The summed E-state index contributed by atoms with van der Waals surface area (Å²) in [6.45, 7) is 4.94.